The molecule has 0 aliphatic carbocycles. The molecule has 88 valence electrons. The summed E-state index contributed by atoms with van der Waals surface area (Å²) in [4.78, 5) is 0. The summed E-state index contributed by atoms with van der Waals surface area (Å²) in [5, 5.41) is 7.46. The van der Waals surface area contributed by atoms with Crippen LogP contribution in [0, 0.1) is 6.92 Å². The maximum Gasteiger partial charge on any atom is 0.196 e. The van der Waals surface area contributed by atoms with Crippen LogP contribution in [0.15, 0.2) is 24.3 Å². The lowest BCUT2D eigenvalue weighted by Crippen LogP contribution is -1.92. The van der Waals surface area contributed by atoms with Gasteiger partial charge in [-0.1, -0.05) is 52.5 Å². The molecule has 0 atom stereocenters. The third kappa shape index (κ3) is 2.80. The number of hydrogen-bond donors (Lipinski definition) is 0. The summed E-state index contributed by atoms with van der Waals surface area (Å²) in [7, 11) is 0. The number of benzene rings is 1. The maximum atomic E-state index is 5.94. The number of nitrogens with zero attached hydrogens (tertiary/aromatic N) is 2. The van der Waals surface area contributed by atoms with E-state index in [0.717, 1.165) is 5.56 Å². The first-order valence-electron chi connectivity index (χ1n) is 4.69. The van der Waals surface area contributed by atoms with Crippen LogP contribution in [0.4, 0.5) is 0 Å². The Kier molecular flexibility index (Phi) is 3.72. The average molecular weight is 290 g/mol. The SMILES string of the molecule is Cc1ccc(Oc2c(Cl)nnc(Cl)c2Cl)cc1. The third-order valence-electron chi connectivity index (χ3n) is 2.03. The largest absolute Gasteiger partial charge is 0.452 e. The highest BCUT2D eigenvalue weighted by atomic mass is 35.5. The van der Waals surface area contributed by atoms with Crippen LogP contribution >= 0.6 is 34.8 Å². The van der Waals surface area contributed by atoms with Gasteiger partial charge in [-0.2, -0.15) is 0 Å². The molecule has 0 N–H and O–H groups in total. The van der Waals surface area contributed by atoms with Gasteiger partial charge in [-0.05, 0) is 19.1 Å². The topological polar surface area (TPSA) is 35.0 Å². The molecule has 0 aliphatic rings. The summed E-state index contributed by atoms with van der Waals surface area (Å²) < 4.78 is 5.52. The summed E-state index contributed by atoms with van der Waals surface area (Å²) in [6.07, 6.45) is 0. The van der Waals surface area contributed by atoms with E-state index >= 15 is 0 Å². The Morgan fingerprint density at radius 2 is 1.53 bits per heavy atom. The van der Waals surface area contributed by atoms with E-state index in [1.807, 2.05) is 19.1 Å². The van der Waals surface area contributed by atoms with Gasteiger partial charge in [0.25, 0.3) is 0 Å². The van der Waals surface area contributed by atoms with Gasteiger partial charge in [-0.15, -0.1) is 10.2 Å². The Morgan fingerprint density at radius 1 is 0.941 bits per heavy atom. The van der Waals surface area contributed by atoms with Crippen LogP contribution in [0.25, 0.3) is 0 Å². The second-order valence-corrected chi connectivity index (χ2v) is 4.43. The number of halogens is 3. The summed E-state index contributed by atoms with van der Waals surface area (Å²) in [5.41, 5.74) is 1.13. The van der Waals surface area contributed by atoms with Gasteiger partial charge in [0.2, 0.25) is 0 Å². The summed E-state index contributed by atoms with van der Waals surface area (Å²) >= 11 is 17.5. The average Bonchev–Trinajstić information content (AvgIpc) is 2.32. The van der Waals surface area contributed by atoms with Gasteiger partial charge in [0.05, 0.1) is 0 Å². The quantitative estimate of drug-likeness (QED) is 0.814. The second kappa shape index (κ2) is 5.08. The van der Waals surface area contributed by atoms with E-state index in [9.17, 15) is 0 Å². The lowest BCUT2D eigenvalue weighted by molar-refractivity contribution is 0.479. The van der Waals surface area contributed by atoms with Crippen LogP contribution in [0.5, 0.6) is 11.5 Å². The molecule has 0 bridgehead atoms. The Balaban J connectivity index is 2.36. The highest BCUT2D eigenvalue weighted by molar-refractivity contribution is 6.43. The fourth-order valence-electron chi connectivity index (χ4n) is 1.17. The number of ether oxygens (including phenoxy) is 1. The number of aromatic nitrogens is 2. The van der Waals surface area contributed by atoms with Crippen molar-refractivity contribution in [1.29, 1.82) is 0 Å². The van der Waals surface area contributed by atoms with Crippen molar-refractivity contribution in [3.8, 4) is 11.5 Å². The van der Waals surface area contributed by atoms with Gasteiger partial charge in [-0.25, -0.2) is 0 Å². The minimum Gasteiger partial charge on any atom is -0.452 e. The molecule has 6 heteroatoms. The van der Waals surface area contributed by atoms with Crippen molar-refractivity contribution in [2.45, 2.75) is 6.92 Å². The zero-order chi connectivity index (χ0) is 12.4. The van der Waals surface area contributed by atoms with E-state index in [4.69, 9.17) is 39.5 Å². The first kappa shape index (κ1) is 12.4. The van der Waals surface area contributed by atoms with Crippen LogP contribution in [-0.4, -0.2) is 10.2 Å². The van der Waals surface area contributed by atoms with E-state index in [1.54, 1.807) is 12.1 Å². The Bertz CT molecular complexity index is 543. The van der Waals surface area contributed by atoms with Crippen molar-refractivity contribution in [2.75, 3.05) is 0 Å². The molecule has 1 aromatic heterocycles. The molecule has 0 unspecified atom stereocenters. The molecule has 17 heavy (non-hydrogen) atoms. The minimum atomic E-state index is 0.0539. The zero-order valence-electron chi connectivity index (χ0n) is 8.75. The molecule has 0 saturated carbocycles. The first-order valence-corrected chi connectivity index (χ1v) is 5.83. The fourth-order valence-corrected chi connectivity index (χ4v) is 1.68. The predicted molar refractivity (Wildman–Crippen MR) is 68.3 cm³/mol. The summed E-state index contributed by atoms with van der Waals surface area (Å²) in [6.45, 7) is 1.98. The molecule has 1 heterocycles. The third-order valence-corrected chi connectivity index (χ3v) is 2.99. The molecule has 0 amide bonds. The van der Waals surface area contributed by atoms with Crippen molar-refractivity contribution >= 4 is 34.8 Å². The van der Waals surface area contributed by atoms with Crippen molar-refractivity contribution in [3.63, 3.8) is 0 Å². The van der Waals surface area contributed by atoms with Crippen LogP contribution in [-0.2, 0) is 0 Å². The van der Waals surface area contributed by atoms with Crippen molar-refractivity contribution in [2.24, 2.45) is 0 Å². The molecular formula is C11H7Cl3N2O. The molecule has 0 saturated heterocycles. The lowest BCUT2D eigenvalue weighted by Gasteiger charge is -2.08. The lowest BCUT2D eigenvalue weighted by atomic mass is 10.2. The van der Waals surface area contributed by atoms with E-state index < -0.39 is 0 Å². The second-order valence-electron chi connectivity index (χ2n) is 3.34. The molecule has 0 radical (unpaired) electrons. The van der Waals surface area contributed by atoms with Crippen LogP contribution in [0.1, 0.15) is 5.56 Å². The molecular weight excluding hydrogens is 282 g/mol. The van der Waals surface area contributed by atoms with Gasteiger partial charge in [0.1, 0.15) is 10.8 Å². The van der Waals surface area contributed by atoms with Gasteiger partial charge < -0.3 is 4.74 Å². The monoisotopic (exact) mass is 288 g/mol. The number of hydrogen-bond acceptors (Lipinski definition) is 3. The molecule has 0 spiro atoms. The molecule has 0 fully saturated rings. The van der Waals surface area contributed by atoms with Crippen molar-refractivity contribution in [3.05, 3.63) is 45.2 Å². The van der Waals surface area contributed by atoms with Crippen LogP contribution in [0.3, 0.4) is 0 Å². The molecule has 0 aliphatic heterocycles. The Hall–Kier alpha value is -1.03. The molecule has 1 aromatic carbocycles. The van der Waals surface area contributed by atoms with Gasteiger partial charge in [0.15, 0.2) is 16.1 Å². The molecule has 2 aromatic rings. The van der Waals surface area contributed by atoms with E-state index in [0.29, 0.717) is 5.75 Å². The minimum absolute atomic E-state index is 0.0539. The first-order chi connectivity index (χ1) is 8.08. The summed E-state index contributed by atoms with van der Waals surface area (Å²) in [5.74, 6) is 0.806. The highest BCUT2D eigenvalue weighted by Crippen LogP contribution is 2.37. The molecule has 2 rings (SSSR count). The molecule has 3 nitrogen and oxygen atoms in total. The van der Waals surface area contributed by atoms with Gasteiger partial charge >= 0.3 is 0 Å². The Morgan fingerprint density at radius 3 is 2.18 bits per heavy atom. The van der Waals surface area contributed by atoms with Crippen LogP contribution in [0.2, 0.25) is 15.3 Å². The zero-order valence-corrected chi connectivity index (χ0v) is 11.0. The van der Waals surface area contributed by atoms with Gasteiger partial charge in [-0.3, -0.25) is 0 Å². The number of rotatable bonds is 2. The maximum absolute atomic E-state index is 5.94. The number of aryl methyl sites for hydroxylation is 1. The predicted octanol–water partition coefficient (Wildman–Crippen LogP) is 4.54. The van der Waals surface area contributed by atoms with Crippen LogP contribution < -0.4 is 4.74 Å². The smallest absolute Gasteiger partial charge is 0.196 e. The normalized spacial score (nSPS) is 10.4. The van der Waals surface area contributed by atoms with Crippen molar-refractivity contribution < 1.29 is 4.74 Å². The fraction of sp³-hybridized carbons (Fsp3) is 0.0909. The highest BCUT2D eigenvalue weighted by Gasteiger charge is 2.14. The Labute approximate surface area is 113 Å². The standard InChI is InChI=1S/C11H7Cl3N2O/c1-6-2-4-7(5-3-6)17-9-8(12)10(13)15-16-11(9)14/h2-5H,1H3. The van der Waals surface area contributed by atoms with E-state index in [-0.39, 0.29) is 21.1 Å². The summed E-state index contributed by atoms with van der Waals surface area (Å²) in [6, 6.07) is 7.42. The van der Waals surface area contributed by atoms with E-state index in [1.165, 1.54) is 0 Å². The van der Waals surface area contributed by atoms with E-state index in [2.05, 4.69) is 10.2 Å². The van der Waals surface area contributed by atoms with Crippen molar-refractivity contribution in [1.82, 2.24) is 10.2 Å². The van der Waals surface area contributed by atoms with Gasteiger partial charge in [0, 0.05) is 0 Å².